The Balaban J connectivity index is 2.54. The van der Waals surface area contributed by atoms with Gasteiger partial charge in [0.2, 0.25) is 0 Å². The molecule has 0 aliphatic heterocycles. The monoisotopic (exact) mass is 266 g/mol. The van der Waals surface area contributed by atoms with Crippen molar-refractivity contribution in [3.05, 3.63) is 48.3 Å². The van der Waals surface area contributed by atoms with Crippen molar-refractivity contribution in [2.45, 2.75) is 6.18 Å². The molecular weight excluding hydrogens is 258 g/mol. The van der Waals surface area contributed by atoms with Crippen molar-refractivity contribution < 1.29 is 22.8 Å². The molecule has 0 saturated heterocycles. The van der Waals surface area contributed by atoms with Crippen LogP contribution in [0.5, 0.6) is 5.75 Å². The van der Waals surface area contributed by atoms with E-state index in [2.05, 4.69) is 4.98 Å². The van der Waals surface area contributed by atoms with Gasteiger partial charge in [0.25, 0.3) is 0 Å². The maximum absolute atomic E-state index is 12.7. The number of nitrogens with zero attached hydrogens (tertiary/aromatic N) is 1. The smallest absolute Gasteiger partial charge is 0.537 e. The first-order valence-corrected chi connectivity index (χ1v) is 5.26. The Morgan fingerprint density at radius 3 is 2.37 bits per heavy atom. The number of hydrogen-bond acceptors (Lipinski definition) is 3. The van der Waals surface area contributed by atoms with Gasteiger partial charge in [-0.1, -0.05) is 0 Å². The SMILES string of the molecule is O[B]Oc1ccc(C(F)(F)F)cc1-c1ccncc1. The van der Waals surface area contributed by atoms with E-state index in [1.165, 1.54) is 12.4 Å². The molecule has 0 fully saturated rings. The predicted octanol–water partition coefficient (Wildman–Crippen LogP) is 2.67. The van der Waals surface area contributed by atoms with Crippen molar-refractivity contribution >= 4 is 7.69 Å². The maximum Gasteiger partial charge on any atom is 0.569 e. The Morgan fingerprint density at radius 1 is 1.11 bits per heavy atom. The summed E-state index contributed by atoms with van der Waals surface area (Å²) in [5.41, 5.74) is -0.0509. The van der Waals surface area contributed by atoms with Gasteiger partial charge in [0.15, 0.2) is 0 Å². The highest BCUT2D eigenvalue weighted by Crippen LogP contribution is 2.36. The molecule has 1 radical (unpaired) electrons. The third-order valence-electron chi connectivity index (χ3n) is 2.48. The van der Waals surface area contributed by atoms with Crippen LogP contribution < -0.4 is 4.65 Å². The molecule has 0 bridgehead atoms. The fourth-order valence-electron chi connectivity index (χ4n) is 1.62. The van der Waals surface area contributed by atoms with Crippen molar-refractivity contribution in [1.82, 2.24) is 4.98 Å². The van der Waals surface area contributed by atoms with E-state index in [9.17, 15) is 13.2 Å². The fourth-order valence-corrected chi connectivity index (χ4v) is 1.62. The van der Waals surface area contributed by atoms with Crippen LogP contribution in [0.4, 0.5) is 13.2 Å². The third kappa shape index (κ3) is 3.06. The van der Waals surface area contributed by atoms with E-state index in [0.29, 0.717) is 13.2 Å². The molecule has 0 spiro atoms. The molecule has 1 aromatic carbocycles. The van der Waals surface area contributed by atoms with E-state index < -0.39 is 11.7 Å². The summed E-state index contributed by atoms with van der Waals surface area (Å²) in [4.78, 5) is 3.80. The van der Waals surface area contributed by atoms with E-state index in [1.807, 2.05) is 0 Å². The first kappa shape index (κ1) is 13.4. The van der Waals surface area contributed by atoms with Crippen molar-refractivity contribution in [3.8, 4) is 16.9 Å². The minimum absolute atomic E-state index is 0.127. The molecule has 1 N–H and O–H groups in total. The summed E-state index contributed by atoms with van der Waals surface area (Å²) in [6.07, 6.45) is -1.52. The van der Waals surface area contributed by atoms with Gasteiger partial charge in [0.1, 0.15) is 5.75 Å². The van der Waals surface area contributed by atoms with Crippen molar-refractivity contribution in [2.24, 2.45) is 0 Å². The van der Waals surface area contributed by atoms with Crippen molar-refractivity contribution in [3.63, 3.8) is 0 Å². The number of alkyl halides is 3. The lowest BCUT2D eigenvalue weighted by atomic mass is 10.0. The fraction of sp³-hybridized carbons (Fsp3) is 0.0833. The molecule has 97 valence electrons. The second-order valence-corrected chi connectivity index (χ2v) is 3.67. The summed E-state index contributed by atoms with van der Waals surface area (Å²) in [6.45, 7) is 0. The molecular formula is C12H8BF3NO2. The molecule has 19 heavy (non-hydrogen) atoms. The van der Waals surface area contributed by atoms with Gasteiger partial charge in [-0.2, -0.15) is 13.2 Å². The summed E-state index contributed by atoms with van der Waals surface area (Å²) < 4.78 is 42.9. The minimum Gasteiger partial charge on any atom is -0.537 e. The Hall–Kier alpha value is -2.02. The molecule has 2 rings (SSSR count). The summed E-state index contributed by atoms with van der Waals surface area (Å²) in [6, 6.07) is 6.13. The Bertz CT molecular complexity index is 561. The number of pyridine rings is 1. The number of hydrogen-bond donors (Lipinski definition) is 1. The molecule has 0 amide bonds. The molecule has 0 atom stereocenters. The van der Waals surface area contributed by atoms with Crippen LogP contribution in [-0.4, -0.2) is 17.7 Å². The topological polar surface area (TPSA) is 42.4 Å². The molecule has 2 aromatic rings. The van der Waals surface area contributed by atoms with Crippen molar-refractivity contribution in [2.75, 3.05) is 0 Å². The zero-order chi connectivity index (χ0) is 13.9. The summed E-state index contributed by atoms with van der Waals surface area (Å²) >= 11 is 0. The van der Waals surface area contributed by atoms with Crippen LogP contribution in [-0.2, 0) is 6.18 Å². The number of rotatable bonds is 3. The Morgan fingerprint density at radius 2 is 1.79 bits per heavy atom. The van der Waals surface area contributed by atoms with Gasteiger partial charge in [0.05, 0.1) is 5.56 Å². The van der Waals surface area contributed by atoms with Crippen molar-refractivity contribution in [1.29, 1.82) is 0 Å². The Labute approximate surface area is 108 Å². The van der Waals surface area contributed by atoms with Crippen LogP contribution in [0.15, 0.2) is 42.7 Å². The highest BCUT2D eigenvalue weighted by Gasteiger charge is 2.31. The van der Waals surface area contributed by atoms with E-state index >= 15 is 0 Å². The number of aromatic nitrogens is 1. The summed E-state index contributed by atoms with van der Waals surface area (Å²) in [5.74, 6) is 0.127. The molecule has 3 nitrogen and oxygen atoms in total. The highest BCUT2D eigenvalue weighted by molar-refractivity contribution is 6.17. The average Bonchev–Trinajstić information content (AvgIpc) is 2.39. The van der Waals surface area contributed by atoms with Gasteiger partial charge in [-0.05, 0) is 35.9 Å². The van der Waals surface area contributed by atoms with Crippen LogP contribution in [0.25, 0.3) is 11.1 Å². The van der Waals surface area contributed by atoms with E-state index in [4.69, 9.17) is 9.68 Å². The van der Waals surface area contributed by atoms with Gasteiger partial charge >= 0.3 is 13.9 Å². The van der Waals surface area contributed by atoms with Gasteiger partial charge in [-0.25, -0.2) is 0 Å². The summed E-state index contributed by atoms with van der Waals surface area (Å²) in [5, 5.41) is 8.64. The maximum atomic E-state index is 12.7. The lowest BCUT2D eigenvalue weighted by Gasteiger charge is -2.13. The van der Waals surface area contributed by atoms with Crippen LogP contribution in [0.2, 0.25) is 0 Å². The van der Waals surface area contributed by atoms with Crippen LogP contribution >= 0.6 is 0 Å². The molecule has 1 heterocycles. The third-order valence-corrected chi connectivity index (χ3v) is 2.48. The number of benzene rings is 1. The normalized spacial score (nSPS) is 11.2. The van der Waals surface area contributed by atoms with Crippen LogP contribution in [0, 0.1) is 0 Å². The first-order chi connectivity index (χ1) is 9.02. The zero-order valence-electron chi connectivity index (χ0n) is 9.56. The van der Waals surface area contributed by atoms with Crippen LogP contribution in [0.1, 0.15) is 5.56 Å². The van der Waals surface area contributed by atoms with Gasteiger partial charge < -0.3 is 9.68 Å². The highest BCUT2D eigenvalue weighted by atomic mass is 19.4. The summed E-state index contributed by atoms with van der Waals surface area (Å²) in [7, 11) is 0.424. The molecule has 0 saturated carbocycles. The predicted molar refractivity (Wildman–Crippen MR) is 63.3 cm³/mol. The van der Waals surface area contributed by atoms with E-state index in [-0.39, 0.29) is 11.3 Å². The lowest BCUT2D eigenvalue weighted by Crippen LogP contribution is -2.07. The standard InChI is InChI=1S/C12H8BF3NO2/c14-12(15,16)9-1-2-11(19-13-18)10(7-9)8-3-5-17-6-4-8/h1-7,18H. The second-order valence-electron chi connectivity index (χ2n) is 3.67. The Kier molecular flexibility index (Phi) is 3.75. The van der Waals surface area contributed by atoms with E-state index in [1.54, 1.807) is 12.1 Å². The van der Waals surface area contributed by atoms with Gasteiger partial charge in [0, 0.05) is 18.0 Å². The molecule has 0 aliphatic carbocycles. The first-order valence-electron chi connectivity index (χ1n) is 5.26. The van der Waals surface area contributed by atoms with Gasteiger partial charge in [-0.15, -0.1) is 0 Å². The second kappa shape index (κ2) is 5.32. The molecule has 0 aliphatic rings. The molecule has 1 aromatic heterocycles. The number of halogens is 3. The largest absolute Gasteiger partial charge is 0.569 e. The molecule has 0 unspecified atom stereocenters. The molecule has 7 heteroatoms. The van der Waals surface area contributed by atoms with Gasteiger partial charge in [-0.3, -0.25) is 4.98 Å². The lowest BCUT2D eigenvalue weighted by molar-refractivity contribution is -0.137. The zero-order valence-corrected chi connectivity index (χ0v) is 9.56. The quantitative estimate of drug-likeness (QED) is 0.868. The minimum atomic E-state index is -4.44. The average molecular weight is 266 g/mol. The van der Waals surface area contributed by atoms with E-state index in [0.717, 1.165) is 18.2 Å². The van der Waals surface area contributed by atoms with Crippen LogP contribution in [0.3, 0.4) is 0 Å².